The number of hydrogen-bond donors (Lipinski definition) is 2. The SMILES string of the molecule is CN=C1N[C@@H]2CC[C@@H]([C@@H](O)C(F)F)O[C@@H]2S1. The smallest absolute Gasteiger partial charge is 0.266 e. The average Bonchev–Trinajstić information content (AvgIpc) is 2.69. The largest absolute Gasteiger partial charge is 0.384 e. The summed E-state index contributed by atoms with van der Waals surface area (Å²) in [4.78, 5) is 3.99. The van der Waals surface area contributed by atoms with Gasteiger partial charge in [0.25, 0.3) is 6.43 Å². The van der Waals surface area contributed by atoms with E-state index in [2.05, 4.69) is 10.3 Å². The van der Waals surface area contributed by atoms with Crippen molar-refractivity contribution in [3.63, 3.8) is 0 Å². The van der Waals surface area contributed by atoms with Crippen molar-refractivity contribution in [2.75, 3.05) is 7.05 Å². The molecule has 0 unspecified atom stereocenters. The topological polar surface area (TPSA) is 53.9 Å². The highest BCUT2D eigenvalue weighted by Crippen LogP contribution is 2.34. The van der Waals surface area contributed by atoms with Gasteiger partial charge in [0.05, 0.1) is 12.1 Å². The molecule has 2 heterocycles. The quantitative estimate of drug-likeness (QED) is 0.763. The fourth-order valence-corrected chi connectivity index (χ4v) is 3.01. The van der Waals surface area contributed by atoms with Crippen LogP contribution >= 0.6 is 11.8 Å². The summed E-state index contributed by atoms with van der Waals surface area (Å²) >= 11 is 1.39. The van der Waals surface area contributed by atoms with Crippen molar-refractivity contribution < 1.29 is 18.6 Å². The van der Waals surface area contributed by atoms with E-state index in [-0.39, 0.29) is 11.5 Å². The molecule has 2 N–H and O–H groups in total. The molecule has 0 bridgehead atoms. The van der Waals surface area contributed by atoms with E-state index in [1.165, 1.54) is 11.8 Å². The molecular weight excluding hydrogens is 238 g/mol. The van der Waals surface area contributed by atoms with Crippen LogP contribution in [0, 0.1) is 0 Å². The number of halogens is 2. The monoisotopic (exact) mass is 252 g/mol. The lowest BCUT2D eigenvalue weighted by atomic mass is 10.0. The molecule has 4 atom stereocenters. The highest BCUT2D eigenvalue weighted by atomic mass is 32.2. The number of fused-ring (bicyclic) bond motifs is 1. The molecule has 2 rings (SSSR count). The molecular formula is C9H14F2N2O2S. The number of hydrogen-bond acceptors (Lipinski definition) is 4. The normalized spacial score (nSPS) is 38.6. The molecule has 0 aromatic heterocycles. The Bertz CT molecular complexity index is 291. The molecule has 0 saturated carbocycles. The van der Waals surface area contributed by atoms with Crippen LogP contribution in [0.3, 0.4) is 0 Å². The minimum absolute atomic E-state index is 0.116. The fraction of sp³-hybridized carbons (Fsp3) is 0.889. The van der Waals surface area contributed by atoms with Crippen molar-refractivity contribution in [2.45, 2.75) is 43.0 Å². The molecule has 4 nitrogen and oxygen atoms in total. The Morgan fingerprint density at radius 3 is 2.94 bits per heavy atom. The molecule has 2 aliphatic rings. The Morgan fingerprint density at radius 1 is 1.56 bits per heavy atom. The van der Waals surface area contributed by atoms with Crippen LogP contribution in [-0.2, 0) is 4.74 Å². The maximum Gasteiger partial charge on any atom is 0.266 e. The number of nitrogens with one attached hydrogen (secondary N) is 1. The third-order valence-corrected chi connectivity index (χ3v) is 3.97. The summed E-state index contributed by atoms with van der Waals surface area (Å²) in [5, 5.41) is 13.2. The first-order chi connectivity index (χ1) is 7.61. The Kier molecular flexibility index (Phi) is 3.66. The highest BCUT2D eigenvalue weighted by molar-refractivity contribution is 8.14. The van der Waals surface area contributed by atoms with Crippen LogP contribution in [0.5, 0.6) is 0 Å². The fourth-order valence-electron chi connectivity index (χ4n) is 1.90. The third kappa shape index (κ3) is 2.31. The van der Waals surface area contributed by atoms with E-state index in [9.17, 15) is 13.9 Å². The minimum atomic E-state index is -2.75. The molecule has 0 amide bonds. The molecule has 7 heteroatoms. The second-order valence-electron chi connectivity index (χ2n) is 3.84. The van der Waals surface area contributed by atoms with Crippen LogP contribution in [0.4, 0.5) is 8.78 Å². The predicted octanol–water partition coefficient (Wildman–Crippen LogP) is 0.808. The van der Waals surface area contributed by atoms with Crippen molar-refractivity contribution in [3.8, 4) is 0 Å². The van der Waals surface area contributed by atoms with Gasteiger partial charge in [0.15, 0.2) is 5.17 Å². The molecule has 0 aromatic carbocycles. The first-order valence-corrected chi connectivity index (χ1v) is 6.01. The summed E-state index contributed by atoms with van der Waals surface area (Å²) in [5.74, 6) is 0. The maximum atomic E-state index is 12.3. The summed E-state index contributed by atoms with van der Waals surface area (Å²) < 4.78 is 30.1. The van der Waals surface area contributed by atoms with Crippen molar-refractivity contribution in [2.24, 2.45) is 4.99 Å². The van der Waals surface area contributed by atoms with Gasteiger partial charge in [-0.25, -0.2) is 8.78 Å². The summed E-state index contributed by atoms with van der Waals surface area (Å²) in [7, 11) is 1.66. The average molecular weight is 252 g/mol. The number of thioether (sulfide) groups is 1. The van der Waals surface area contributed by atoms with Gasteiger partial charge in [0.1, 0.15) is 11.5 Å². The van der Waals surface area contributed by atoms with E-state index in [1.54, 1.807) is 7.05 Å². The third-order valence-electron chi connectivity index (χ3n) is 2.78. The maximum absolute atomic E-state index is 12.3. The molecule has 2 aliphatic heterocycles. The molecule has 16 heavy (non-hydrogen) atoms. The number of amidine groups is 1. The van der Waals surface area contributed by atoms with Crippen LogP contribution in [-0.4, -0.2) is 47.4 Å². The van der Waals surface area contributed by atoms with Crippen molar-refractivity contribution >= 4 is 16.9 Å². The van der Waals surface area contributed by atoms with Crippen LogP contribution in [0.1, 0.15) is 12.8 Å². The second kappa shape index (κ2) is 4.85. The Hall–Kier alpha value is -0.400. The number of alkyl halides is 2. The van der Waals surface area contributed by atoms with Gasteiger partial charge in [-0.15, -0.1) is 0 Å². The van der Waals surface area contributed by atoms with Gasteiger partial charge in [0.2, 0.25) is 0 Å². The number of ether oxygens (including phenoxy) is 1. The van der Waals surface area contributed by atoms with E-state index in [0.29, 0.717) is 12.8 Å². The number of nitrogens with zero attached hydrogens (tertiary/aromatic N) is 1. The molecule has 0 radical (unpaired) electrons. The van der Waals surface area contributed by atoms with Gasteiger partial charge < -0.3 is 15.2 Å². The van der Waals surface area contributed by atoms with Crippen LogP contribution < -0.4 is 5.32 Å². The van der Waals surface area contributed by atoms with E-state index < -0.39 is 18.6 Å². The van der Waals surface area contributed by atoms with Crippen LogP contribution in [0.2, 0.25) is 0 Å². The molecule has 0 spiro atoms. The van der Waals surface area contributed by atoms with E-state index in [4.69, 9.17) is 4.74 Å². The zero-order valence-electron chi connectivity index (χ0n) is 8.77. The Balaban J connectivity index is 1.96. The Labute approximate surface area is 96.5 Å². The van der Waals surface area contributed by atoms with Crippen molar-refractivity contribution in [1.82, 2.24) is 5.32 Å². The van der Waals surface area contributed by atoms with Gasteiger partial charge in [-0.3, -0.25) is 4.99 Å². The van der Waals surface area contributed by atoms with Gasteiger partial charge in [-0.05, 0) is 12.8 Å². The van der Waals surface area contributed by atoms with E-state index in [0.717, 1.165) is 5.17 Å². The lowest BCUT2D eigenvalue weighted by Gasteiger charge is -2.33. The highest BCUT2D eigenvalue weighted by Gasteiger charge is 2.42. The number of aliphatic hydroxyl groups excluding tert-OH is 1. The second-order valence-corrected chi connectivity index (χ2v) is 4.93. The lowest BCUT2D eigenvalue weighted by molar-refractivity contribution is -0.129. The van der Waals surface area contributed by atoms with Gasteiger partial charge in [-0.2, -0.15) is 0 Å². The Morgan fingerprint density at radius 2 is 2.31 bits per heavy atom. The molecule has 2 fully saturated rings. The van der Waals surface area contributed by atoms with Gasteiger partial charge >= 0.3 is 0 Å². The van der Waals surface area contributed by atoms with Crippen LogP contribution in [0.15, 0.2) is 4.99 Å². The number of aliphatic hydroxyl groups is 1. The van der Waals surface area contributed by atoms with Gasteiger partial charge in [0, 0.05) is 7.05 Å². The molecule has 2 saturated heterocycles. The summed E-state index contributed by atoms with van der Waals surface area (Å²) in [6.45, 7) is 0. The standard InChI is InChI=1S/C9H14F2N2O2S/c1-12-9-13-4-2-3-5(6(14)7(10)11)15-8(4)16-9/h4-8,14H,2-3H2,1H3,(H,12,13)/t4-,5+,6-,8-/m1/s1. The molecule has 0 aliphatic carbocycles. The van der Waals surface area contributed by atoms with Crippen LogP contribution in [0.25, 0.3) is 0 Å². The first kappa shape index (κ1) is 12.1. The number of rotatable bonds is 2. The zero-order chi connectivity index (χ0) is 11.7. The minimum Gasteiger partial charge on any atom is -0.384 e. The lowest BCUT2D eigenvalue weighted by Crippen LogP contribution is -2.46. The molecule has 92 valence electrons. The predicted molar refractivity (Wildman–Crippen MR) is 57.8 cm³/mol. The zero-order valence-corrected chi connectivity index (χ0v) is 9.58. The molecule has 0 aromatic rings. The summed E-state index contributed by atoms with van der Waals surface area (Å²) in [6, 6.07) is 0.116. The summed E-state index contributed by atoms with van der Waals surface area (Å²) in [6.07, 6.45) is -4.06. The van der Waals surface area contributed by atoms with Crippen molar-refractivity contribution in [1.29, 1.82) is 0 Å². The van der Waals surface area contributed by atoms with Crippen molar-refractivity contribution in [3.05, 3.63) is 0 Å². The van der Waals surface area contributed by atoms with Gasteiger partial charge in [-0.1, -0.05) is 11.8 Å². The van der Waals surface area contributed by atoms with E-state index >= 15 is 0 Å². The number of aliphatic imine (C=N–C) groups is 1. The first-order valence-electron chi connectivity index (χ1n) is 5.13. The van der Waals surface area contributed by atoms with E-state index in [1.807, 2.05) is 0 Å². The summed E-state index contributed by atoms with van der Waals surface area (Å²) in [5.41, 5.74) is -0.217.